The van der Waals surface area contributed by atoms with Gasteiger partial charge in [-0.3, -0.25) is 0 Å². The molecule has 1 unspecified atom stereocenters. The lowest BCUT2D eigenvalue weighted by molar-refractivity contribution is 0.455. The first kappa shape index (κ1) is 11.5. The summed E-state index contributed by atoms with van der Waals surface area (Å²) in [6.45, 7) is 3.30. The molecule has 2 N–H and O–H groups in total. The highest BCUT2D eigenvalue weighted by molar-refractivity contribution is 5.27. The Morgan fingerprint density at radius 1 is 1.44 bits per heavy atom. The molecule has 1 aliphatic carbocycles. The smallest absolute Gasteiger partial charge is 0.115 e. The average Bonchev–Trinajstić information content (AvgIpc) is 3.08. The molecule has 0 aliphatic heterocycles. The maximum absolute atomic E-state index is 9.44. The van der Waals surface area contributed by atoms with Crippen molar-refractivity contribution >= 4 is 0 Å². The highest BCUT2D eigenvalue weighted by atomic mass is 16.3. The summed E-state index contributed by atoms with van der Waals surface area (Å²) in [7, 11) is 0. The van der Waals surface area contributed by atoms with Crippen molar-refractivity contribution in [1.29, 1.82) is 0 Å². The van der Waals surface area contributed by atoms with E-state index in [4.69, 9.17) is 0 Å². The van der Waals surface area contributed by atoms with E-state index in [1.165, 1.54) is 24.8 Å². The fraction of sp³-hybridized carbons (Fsp3) is 0.571. The van der Waals surface area contributed by atoms with Gasteiger partial charge < -0.3 is 10.4 Å². The number of hydrogen-bond donors (Lipinski definition) is 2. The number of aromatic hydroxyl groups is 1. The molecule has 2 nitrogen and oxygen atoms in total. The van der Waals surface area contributed by atoms with E-state index in [0.717, 1.165) is 18.9 Å². The summed E-state index contributed by atoms with van der Waals surface area (Å²) >= 11 is 0. The first-order valence-electron chi connectivity index (χ1n) is 6.31. The van der Waals surface area contributed by atoms with Crippen LogP contribution in [0.15, 0.2) is 24.3 Å². The Labute approximate surface area is 97.7 Å². The van der Waals surface area contributed by atoms with Crippen molar-refractivity contribution in [2.75, 3.05) is 6.54 Å². The third-order valence-corrected chi connectivity index (χ3v) is 3.21. The minimum absolute atomic E-state index is 0.377. The number of phenols is 1. The summed E-state index contributed by atoms with van der Waals surface area (Å²) in [6, 6.07) is 8.23. The van der Waals surface area contributed by atoms with Gasteiger partial charge in [0.05, 0.1) is 0 Å². The molecule has 0 bridgehead atoms. The molecule has 0 radical (unpaired) electrons. The molecule has 2 rings (SSSR count). The summed E-state index contributed by atoms with van der Waals surface area (Å²) < 4.78 is 0. The summed E-state index contributed by atoms with van der Waals surface area (Å²) in [5.41, 5.74) is 1.24. The second-order valence-corrected chi connectivity index (χ2v) is 4.77. The van der Waals surface area contributed by atoms with Crippen molar-refractivity contribution < 1.29 is 5.11 Å². The number of hydrogen-bond acceptors (Lipinski definition) is 2. The normalized spacial score (nSPS) is 17.3. The molecule has 0 spiro atoms. The van der Waals surface area contributed by atoms with Gasteiger partial charge in [0.1, 0.15) is 5.75 Å². The lowest BCUT2D eigenvalue weighted by Crippen LogP contribution is -2.33. The lowest BCUT2D eigenvalue weighted by Gasteiger charge is -2.18. The van der Waals surface area contributed by atoms with Gasteiger partial charge in [0.25, 0.3) is 0 Å². The third-order valence-electron chi connectivity index (χ3n) is 3.21. The van der Waals surface area contributed by atoms with E-state index >= 15 is 0 Å². The van der Waals surface area contributed by atoms with E-state index in [9.17, 15) is 5.11 Å². The predicted octanol–water partition coefficient (Wildman–Crippen LogP) is 2.71. The zero-order chi connectivity index (χ0) is 11.4. The minimum atomic E-state index is 0.377. The second kappa shape index (κ2) is 5.35. The summed E-state index contributed by atoms with van der Waals surface area (Å²) in [5.74, 6) is 1.23. The third kappa shape index (κ3) is 3.24. The molecule has 0 heterocycles. The van der Waals surface area contributed by atoms with Crippen LogP contribution in [0.1, 0.15) is 31.7 Å². The minimum Gasteiger partial charge on any atom is -0.508 e. The highest BCUT2D eigenvalue weighted by Crippen LogP contribution is 2.34. The molecule has 2 heteroatoms. The van der Waals surface area contributed by atoms with Gasteiger partial charge in [0, 0.05) is 6.04 Å². The van der Waals surface area contributed by atoms with Crippen molar-refractivity contribution in [3.8, 4) is 5.75 Å². The van der Waals surface area contributed by atoms with E-state index in [1.54, 1.807) is 6.07 Å². The fourth-order valence-corrected chi connectivity index (χ4v) is 2.17. The molecule has 16 heavy (non-hydrogen) atoms. The van der Waals surface area contributed by atoms with Crippen LogP contribution < -0.4 is 5.32 Å². The Kier molecular flexibility index (Phi) is 3.83. The van der Waals surface area contributed by atoms with E-state index in [1.807, 2.05) is 12.1 Å². The van der Waals surface area contributed by atoms with Gasteiger partial charge >= 0.3 is 0 Å². The van der Waals surface area contributed by atoms with Gasteiger partial charge in [-0.05, 0) is 55.8 Å². The van der Waals surface area contributed by atoms with E-state index < -0.39 is 0 Å². The monoisotopic (exact) mass is 219 g/mol. The fourth-order valence-electron chi connectivity index (χ4n) is 2.17. The molecular formula is C14H21NO. The molecule has 88 valence electrons. The number of nitrogens with one attached hydrogen (secondary N) is 1. The second-order valence-electron chi connectivity index (χ2n) is 4.77. The van der Waals surface area contributed by atoms with Crippen LogP contribution in [-0.4, -0.2) is 17.7 Å². The van der Waals surface area contributed by atoms with Crippen LogP contribution in [0, 0.1) is 5.92 Å². The highest BCUT2D eigenvalue weighted by Gasteiger charge is 2.30. The van der Waals surface area contributed by atoms with Crippen molar-refractivity contribution in [1.82, 2.24) is 5.32 Å². The van der Waals surface area contributed by atoms with Crippen molar-refractivity contribution in [3.05, 3.63) is 29.8 Å². The van der Waals surface area contributed by atoms with Gasteiger partial charge in [-0.15, -0.1) is 0 Å². The Morgan fingerprint density at radius 2 is 2.25 bits per heavy atom. The SMILES string of the molecule is CCCNC(Cc1cccc(O)c1)C1CC1. The predicted molar refractivity (Wildman–Crippen MR) is 66.6 cm³/mol. The van der Waals surface area contributed by atoms with Crippen LogP contribution in [-0.2, 0) is 6.42 Å². The molecule has 0 amide bonds. The van der Waals surface area contributed by atoms with Gasteiger partial charge in [-0.1, -0.05) is 19.1 Å². The average molecular weight is 219 g/mol. The molecule has 0 saturated heterocycles. The van der Waals surface area contributed by atoms with Crippen LogP contribution in [0.4, 0.5) is 0 Å². The van der Waals surface area contributed by atoms with Crippen LogP contribution in [0.25, 0.3) is 0 Å². The molecular weight excluding hydrogens is 198 g/mol. The maximum Gasteiger partial charge on any atom is 0.115 e. The lowest BCUT2D eigenvalue weighted by atomic mass is 10.0. The Hall–Kier alpha value is -1.02. The molecule has 1 atom stereocenters. The molecule has 1 aromatic carbocycles. The first-order valence-corrected chi connectivity index (χ1v) is 6.31. The van der Waals surface area contributed by atoms with Crippen molar-refractivity contribution in [3.63, 3.8) is 0 Å². The zero-order valence-corrected chi connectivity index (χ0v) is 9.95. The van der Waals surface area contributed by atoms with Gasteiger partial charge in [0.2, 0.25) is 0 Å². The summed E-state index contributed by atoms with van der Waals surface area (Å²) in [6.07, 6.45) is 4.95. The topological polar surface area (TPSA) is 32.3 Å². The maximum atomic E-state index is 9.44. The van der Waals surface area contributed by atoms with Crippen LogP contribution in [0.3, 0.4) is 0 Å². The van der Waals surface area contributed by atoms with Crippen molar-refractivity contribution in [2.45, 2.75) is 38.6 Å². The van der Waals surface area contributed by atoms with E-state index in [0.29, 0.717) is 11.8 Å². The summed E-state index contributed by atoms with van der Waals surface area (Å²) in [4.78, 5) is 0. The molecule has 1 fully saturated rings. The van der Waals surface area contributed by atoms with E-state index in [-0.39, 0.29) is 0 Å². The Morgan fingerprint density at radius 3 is 2.88 bits per heavy atom. The standard InChI is InChI=1S/C14H21NO/c1-2-8-15-14(12-6-7-12)10-11-4-3-5-13(16)9-11/h3-5,9,12,14-16H,2,6-8,10H2,1H3. The number of benzene rings is 1. The zero-order valence-electron chi connectivity index (χ0n) is 9.95. The molecule has 1 saturated carbocycles. The molecule has 1 aliphatic rings. The van der Waals surface area contributed by atoms with Crippen LogP contribution in [0.2, 0.25) is 0 Å². The van der Waals surface area contributed by atoms with Gasteiger partial charge in [0.15, 0.2) is 0 Å². The van der Waals surface area contributed by atoms with Gasteiger partial charge in [-0.25, -0.2) is 0 Å². The quantitative estimate of drug-likeness (QED) is 0.771. The van der Waals surface area contributed by atoms with Crippen molar-refractivity contribution in [2.24, 2.45) is 5.92 Å². The van der Waals surface area contributed by atoms with Crippen LogP contribution in [0.5, 0.6) is 5.75 Å². The first-order chi connectivity index (χ1) is 7.79. The number of phenolic OH excluding ortho intramolecular Hbond substituents is 1. The Balaban J connectivity index is 1.94. The molecule has 0 aromatic heterocycles. The summed E-state index contributed by atoms with van der Waals surface area (Å²) in [5, 5.41) is 13.1. The van der Waals surface area contributed by atoms with E-state index in [2.05, 4.69) is 18.3 Å². The molecule has 1 aromatic rings. The van der Waals surface area contributed by atoms with Crippen LogP contribution >= 0.6 is 0 Å². The largest absolute Gasteiger partial charge is 0.508 e. The van der Waals surface area contributed by atoms with Gasteiger partial charge in [-0.2, -0.15) is 0 Å². The Bertz CT molecular complexity index is 333. The number of rotatable bonds is 6.